The SMILES string of the molecule is Cc1nc(N2CCCN(C)CC2C)ccc1CN. The first-order chi connectivity index (χ1) is 8.61. The zero-order valence-electron chi connectivity index (χ0n) is 11.7. The molecule has 0 aliphatic carbocycles. The number of aryl methyl sites for hydroxylation is 1. The number of hydrogen-bond donors (Lipinski definition) is 1. The second-order valence-electron chi connectivity index (χ2n) is 5.28. The quantitative estimate of drug-likeness (QED) is 0.859. The van der Waals surface area contributed by atoms with Gasteiger partial charge in [-0.15, -0.1) is 0 Å². The number of aromatic nitrogens is 1. The van der Waals surface area contributed by atoms with Crippen molar-refractivity contribution in [3.8, 4) is 0 Å². The van der Waals surface area contributed by atoms with Crippen LogP contribution in [0.1, 0.15) is 24.6 Å². The van der Waals surface area contributed by atoms with E-state index in [-0.39, 0.29) is 0 Å². The van der Waals surface area contributed by atoms with Crippen LogP contribution in [0, 0.1) is 6.92 Å². The summed E-state index contributed by atoms with van der Waals surface area (Å²) in [5, 5.41) is 0. The van der Waals surface area contributed by atoms with Gasteiger partial charge in [0.05, 0.1) is 0 Å². The molecule has 4 heteroatoms. The van der Waals surface area contributed by atoms with Crippen LogP contribution in [0.15, 0.2) is 12.1 Å². The van der Waals surface area contributed by atoms with E-state index in [2.05, 4.69) is 35.9 Å². The molecule has 0 bridgehead atoms. The van der Waals surface area contributed by atoms with Gasteiger partial charge in [-0.2, -0.15) is 0 Å². The molecule has 2 N–H and O–H groups in total. The Kier molecular flexibility index (Phi) is 4.19. The van der Waals surface area contributed by atoms with Gasteiger partial charge in [-0.25, -0.2) is 4.98 Å². The van der Waals surface area contributed by atoms with Crippen LogP contribution in [0.2, 0.25) is 0 Å². The molecule has 1 unspecified atom stereocenters. The van der Waals surface area contributed by atoms with Crippen LogP contribution < -0.4 is 10.6 Å². The van der Waals surface area contributed by atoms with Crippen molar-refractivity contribution < 1.29 is 0 Å². The van der Waals surface area contributed by atoms with Crippen molar-refractivity contribution in [3.05, 3.63) is 23.4 Å². The summed E-state index contributed by atoms with van der Waals surface area (Å²) in [5.74, 6) is 1.09. The molecule has 1 aliphatic rings. The van der Waals surface area contributed by atoms with E-state index in [4.69, 9.17) is 10.7 Å². The lowest BCUT2D eigenvalue weighted by molar-refractivity contribution is 0.337. The molecule has 0 amide bonds. The molecule has 100 valence electrons. The van der Waals surface area contributed by atoms with Gasteiger partial charge in [-0.05, 0) is 45.5 Å². The highest BCUT2D eigenvalue weighted by Gasteiger charge is 2.20. The van der Waals surface area contributed by atoms with Gasteiger partial charge in [-0.1, -0.05) is 6.07 Å². The highest BCUT2D eigenvalue weighted by atomic mass is 15.3. The normalized spacial score (nSPS) is 22.0. The van der Waals surface area contributed by atoms with Gasteiger partial charge >= 0.3 is 0 Å². The van der Waals surface area contributed by atoms with Gasteiger partial charge in [0.2, 0.25) is 0 Å². The maximum Gasteiger partial charge on any atom is 0.129 e. The number of hydrogen-bond acceptors (Lipinski definition) is 4. The Morgan fingerprint density at radius 2 is 2.17 bits per heavy atom. The molecule has 2 heterocycles. The summed E-state index contributed by atoms with van der Waals surface area (Å²) in [4.78, 5) is 9.52. The molecule has 1 aromatic heterocycles. The van der Waals surface area contributed by atoms with E-state index in [1.165, 1.54) is 13.0 Å². The van der Waals surface area contributed by atoms with E-state index in [1.54, 1.807) is 0 Å². The Balaban J connectivity index is 2.21. The average Bonchev–Trinajstić information content (AvgIpc) is 2.50. The van der Waals surface area contributed by atoms with E-state index in [1.807, 2.05) is 6.92 Å². The van der Waals surface area contributed by atoms with Crippen LogP contribution in [0.3, 0.4) is 0 Å². The lowest BCUT2D eigenvalue weighted by Gasteiger charge is -2.29. The fraction of sp³-hybridized carbons (Fsp3) is 0.643. The lowest BCUT2D eigenvalue weighted by atomic mass is 10.2. The third-order valence-electron chi connectivity index (χ3n) is 3.74. The number of nitrogens with zero attached hydrogens (tertiary/aromatic N) is 3. The molecule has 0 spiro atoms. The van der Waals surface area contributed by atoms with E-state index in [0.717, 1.165) is 30.2 Å². The Morgan fingerprint density at radius 3 is 2.83 bits per heavy atom. The molecule has 1 aliphatic heterocycles. The predicted octanol–water partition coefficient (Wildman–Crippen LogP) is 1.38. The van der Waals surface area contributed by atoms with Crippen LogP contribution in [0.4, 0.5) is 5.82 Å². The van der Waals surface area contributed by atoms with E-state index >= 15 is 0 Å². The van der Waals surface area contributed by atoms with Crippen molar-refractivity contribution in [2.75, 3.05) is 31.6 Å². The molecule has 2 rings (SSSR count). The zero-order valence-corrected chi connectivity index (χ0v) is 11.7. The molecule has 0 radical (unpaired) electrons. The molecule has 1 atom stereocenters. The Morgan fingerprint density at radius 1 is 1.39 bits per heavy atom. The van der Waals surface area contributed by atoms with Gasteiger partial charge in [0.1, 0.15) is 5.82 Å². The smallest absolute Gasteiger partial charge is 0.129 e. The summed E-state index contributed by atoms with van der Waals surface area (Å²) in [6.45, 7) is 8.23. The van der Waals surface area contributed by atoms with Crippen LogP contribution >= 0.6 is 0 Å². The molecule has 4 nitrogen and oxygen atoms in total. The standard InChI is InChI=1S/C14H24N4/c1-11-10-17(3)7-4-8-18(11)14-6-5-13(9-15)12(2)16-14/h5-6,11H,4,7-10,15H2,1-3H3. The average molecular weight is 248 g/mol. The minimum Gasteiger partial charge on any atom is -0.353 e. The van der Waals surface area contributed by atoms with Crippen molar-refractivity contribution in [1.29, 1.82) is 0 Å². The van der Waals surface area contributed by atoms with E-state index < -0.39 is 0 Å². The second kappa shape index (κ2) is 5.67. The van der Waals surface area contributed by atoms with Gasteiger partial charge in [0.25, 0.3) is 0 Å². The minimum atomic E-state index is 0.508. The van der Waals surface area contributed by atoms with Crippen LogP contribution in [-0.2, 0) is 6.54 Å². The zero-order chi connectivity index (χ0) is 13.1. The molecule has 1 fully saturated rings. The summed E-state index contributed by atoms with van der Waals surface area (Å²) in [6.07, 6.45) is 1.19. The van der Waals surface area contributed by atoms with Gasteiger partial charge in [-0.3, -0.25) is 0 Å². The fourth-order valence-electron chi connectivity index (χ4n) is 2.66. The first-order valence-electron chi connectivity index (χ1n) is 6.73. The van der Waals surface area contributed by atoms with Gasteiger partial charge in [0.15, 0.2) is 0 Å². The van der Waals surface area contributed by atoms with Crippen LogP contribution in [0.25, 0.3) is 0 Å². The first-order valence-corrected chi connectivity index (χ1v) is 6.73. The van der Waals surface area contributed by atoms with E-state index in [9.17, 15) is 0 Å². The fourth-order valence-corrected chi connectivity index (χ4v) is 2.66. The third kappa shape index (κ3) is 2.82. The second-order valence-corrected chi connectivity index (χ2v) is 5.28. The molecular formula is C14H24N4. The predicted molar refractivity (Wildman–Crippen MR) is 75.8 cm³/mol. The Bertz CT molecular complexity index is 405. The van der Waals surface area contributed by atoms with Crippen molar-refractivity contribution in [3.63, 3.8) is 0 Å². The summed E-state index contributed by atoms with van der Waals surface area (Å²) >= 11 is 0. The van der Waals surface area contributed by atoms with Crippen molar-refractivity contribution >= 4 is 5.82 Å². The van der Waals surface area contributed by atoms with Gasteiger partial charge in [0, 0.05) is 31.4 Å². The number of pyridine rings is 1. The summed E-state index contributed by atoms with van der Waals surface area (Å²) < 4.78 is 0. The molecule has 0 saturated carbocycles. The molecule has 18 heavy (non-hydrogen) atoms. The maximum atomic E-state index is 5.69. The number of nitrogens with two attached hydrogens (primary N) is 1. The first kappa shape index (κ1) is 13.3. The van der Waals surface area contributed by atoms with Crippen LogP contribution in [-0.4, -0.2) is 42.6 Å². The van der Waals surface area contributed by atoms with Crippen LogP contribution in [0.5, 0.6) is 0 Å². The molecular weight excluding hydrogens is 224 g/mol. The summed E-state index contributed by atoms with van der Waals surface area (Å²) in [7, 11) is 2.19. The number of anilines is 1. The highest BCUT2D eigenvalue weighted by Crippen LogP contribution is 2.19. The summed E-state index contributed by atoms with van der Waals surface area (Å²) in [5.41, 5.74) is 7.88. The topological polar surface area (TPSA) is 45.4 Å². The number of rotatable bonds is 2. The largest absolute Gasteiger partial charge is 0.353 e. The molecule has 1 saturated heterocycles. The van der Waals surface area contributed by atoms with Crippen molar-refractivity contribution in [2.24, 2.45) is 5.73 Å². The lowest BCUT2D eigenvalue weighted by Crippen LogP contribution is -2.38. The minimum absolute atomic E-state index is 0.508. The van der Waals surface area contributed by atoms with Crippen molar-refractivity contribution in [1.82, 2.24) is 9.88 Å². The molecule has 1 aromatic rings. The summed E-state index contributed by atoms with van der Waals surface area (Å²) in [6, 6.07) is 4.73. The molecule has 0 aromatic carbocycles. The maximum absolute atomic E-state index is 5.69. The van der Waals surface area contributed by atoms with E-state index in [0.29, 0.717) is 12.6 Å². The van der Waals surface area contributed by atoms with Crippen molar-refractivity contribution in [2.45, 2.75) is 32.9 Å². The Labute approximate surface area is 110 Å². The third-order valence-corrected chi connectivity index (χ3v) is 3.74. The monoisotopic (exact) mass is 248 g/mol. The Hall–Kier alpha value is -1.13. The van der Waals surface area contributed by atoms with Gasteiger partial charge < -0.3 is 15.5 Å². The highest BCUT2D eigenvalue weighted by molar-refractivity contribution is 5.43. The number of likely N-dealkylation sites (N-methyl/N-ethyl adjacent to an activating group) is 1.